The highest BCUT2D eigenvalue weighted by atomic mass is 32.2. The molecule has 0 aromatic heterocycles. The molecule has 20 heavy (non-hydrogen) atoms. The molecular weight excluding hydrogens is 278 g/mol. The maximum atomic E-state index is 11.8. The summed E-state index contributed by atoms with van der Waals surface area (Å²) in [5, 5.41) is 2.80. The highest BCUT2D eigenvalue weighted by Crippen LogP contribution is 2.17. The van der Waals surface area contributed by atoms with E-state index in [-0.39, 0.29) is 29.8 Å². The van der Waals surface area contributed by atoms with Crippen LogP contribution in [0.25, 0.3) is 0 Å². The summed E-state index contributed by atoms with van der Waals surface area (Å²) in [5.74, 6) is 1.10. The molecule has 1 aliphatic rings. The zero-order valence-corrected chi connectivity index (χ0v) is 12.3. The third-order valence-corrected chi connectivity index (χ3v) is 5.25. The van der Waals surface area contributed by atoms with E-state index in [0.717, 1.165) is 11.3 Å². The minimum atomic E-state index is -2.88. The maximum Gasteiger partial charge on any atom is 0.224 e. The quantitative estimate of drug-likeness (QED) is 0.872. The van der Waals surface area contributed by atoms with Gasteiger partial charge in [-0.25, -0.2) is 8.42 Å². The number of benzene rings is 1. The maximum absolute atomic E-state index is 11.8. The number of sulfone groups is 1. The molecule has 1 fully saturated rings. The second-order valence-corrected chi connectivity index (χ2v) is 7.33. The van der Waals surface area contributed by atoms with E-state index in [1.165, 1.54) is 0 Å². The second kappa shape index (κ2) is 6.26. The summed E-state index contributed by atoms with van der Waals surface area (Å²) in [6.45, 7) is 0.433. The van der Waals surface area contributed by atoms with Crippen molar-refractivity contribution in [1.82, 2.24) is 5.32 Å². The van der Waals surface area contributed by atoms with Gasteiger partial charge < -0.3 is 10.1 Å². The van der Waals surface area contributed by atoms with E-state index >= 15 is 0 Å². The number of ether oxygens (including phenoxy) is 1. The van der Waals surface area contributed by atoms with E-state index in [1.54, 1.807) is 7.11 Å². The molecule has 1 aromatic carbocycles. The normalized spacial score (nSPS) is 20.6. The molecule has 1 saturated heterocycles. The Bertz CT molecular complexity index is 583. The number of carbonyl (C=O) groups is 1. The van der Waals surface area contributed by atoms with Gasteiger partial charge in [0.2, 0.25) is 5.91 Å². The van der Waals surface area contributed by atoms with Crippen molar-refractivity contribution < 1.29 is 17.9 Å². The lowest BCUT2D eigenvalue weighted by atomic mass is 10.1. The zero-order valence-electron chi connectivity index (χ0n) is 11.5. The van der Waals surface area contributed by atoms with Gasteiger partial charge in [0.05, 0.1) is 25.0 Å². The van der Waals surface area contributed by atoms with Crippen molar-refractivity contribution in [3.63, 3.8) is 0 Å². The van der Waals surface area contributed by atoms with E-state index in [9.17, 15) is 13.2 Å². The van der Waals surface area contributed by atoms with E-state index in [2.05, 4.69) is 5.32 Å². The predicted molar refractivity (Wildman–Crippen MR) is 76.5 cm³/mol. The van der Waals surface area contributed by atoms with Gasteiger partial charge in [-0.1, -0.05) is 12.1 Å². The highest BCUT2D eigenvalue weighted by Gasteiger charge is 2.27. The predicted octanol–water partition coefficient (Wildman–Crippen LogP) is 0.789. The Kier molecular flexibility index (Phi) is 4.65. The summed E-state index contributed by atoms with van der Waals surface area (Å²) in [6.07, 6.45) is 0.915. The highest BCUT2D eigenvalue weighted by molar-refractivity contribution is 7.91. The molecule has 0 bridgehead atoms. The lowest BCUT2D eigenvalue weighted by Crippen LogP contribution is -2.31. The first-order valence-electron chi connectivity index (χ1n) is 6.58. The molecule has 0 saturated carbocycles. The van der Waals surface area contributed by atoms with Crippen molar-refractivity contribution >= 4 is 15.7 Å². The summed E-state index contributed by atoms with van der Waals surface area (Å²) in [6, 6.07) is 7.34. The van der Waals surface area contributed by atoms with Crippen LogP contribution in [0.3, 0.4) is 0 Å². The minimum Gasteiger partial charge on any atom is -0.497 e. The fourth-order valence-electron chi connectivity index (χ4n) is 2.32. The zero-order chi connectivity index (χ0) is 14.6. The van der Waals surface area contributed by atoms with E-state index in [4.69, 9.17) is 4.74 Å². The molecule has 1 aromatic rings. The number of carbonyl (C=O) groups excluding carboxylic acids is 1. The molecule has 1 aliphatic heterocycles. The summed E-state index contributed by atoms with van der Waals surface area (Å²) >= 11 is 0. The molecule has 1 amide bonds. The molecule has 1 N–H and O–H groups in total. The third kappa shape index (κ3) is 4.23. The number of methoxy groups -OCH3 is 1. The summed E-state index contributed by atoms with van der Waals surface area (Å²) in [4.78, 5) is 11.8. The topological polar surface area (TPSA) is 72.5 Å². The van der Waals surface area contributed by atoms with Crippen LogP contribution in [0, 0.1) is 5.92 Å². The fourth-order valence-corrected chi connectivity index (χ4v) is 4.18. The average molecular weight is 297 g/mol. The van der Waals surface area contributed by atoms with Crippen LogP contribution in [-0.4, -0.2) is 39.5 Å². The fraction of sp³-hybridized carbons (Fsp3) is 0.500. The summed E-state index contributed by atoms with van der Waals surface area (Å²) in [7, 11) is -1.30. The molecule has 0 radical (unpaired) electrons. The van der Waals surface area contributed by atoms with Gasteiger partial charge in [0.25, 0.3) is 0 Å². The van der Waals surface area contributed by atoms with Gasteiger partial charge in [-0.15, -0.1) is 0 Å². The Labute approximate surface area is 119 Å². The van der Waals surface area contributed by atoms with Crippen molar-refractivity contribution in [3.05, 3.63) is 29.8 Å². The third-order valence-electron chi connectivity index (χ3n) is 3.41. The summed E-state index contributed by atoms with van der Waals surface area (Å²) in [5.41, 5.74) is 0.876. The molecule has 0 aliphatic carbocycles. The van der Waals surface area contributed by atoms with E-state index in [0.29, 0.717) is 13.0 Å². The average Bonchev–Trinajstić information content (AvgIpc) is 2.76. The van der Waals surface area contributed by atoms with Gasteiger partial charge in [0, 0.05) is 6.54 Å². The van der Waals surface area contributed by atoms with Crippen LogP contribution in [-0.2, 0) is 21.1 Å². The Morgan fingerprint density at radius 2 is 2.25 bits per heavy atom. The largest absolute Gasteiger partial charge is 0.497 e. The van der Waals surface area contributed by atoms with Crippen LogP contribution >= 0.6 is 0 Å². The lowest BCUT2D eigenvalue weighted by Gasteiger charge is -2.10. The van der Waals surface area contributed by atoms with Crippen LogP contribution in [0.5, 0.6) is 5.75 Å². The van der Waals surface area contributed by atoms with Gasteiger partial charge >= 0.3 is 0 Å². The van der Waals surface area contributed by atoms with Crippen molar-refractivity contribution in [2.45, 2.75) is 12.8 Å². The van der Waals surface area contributed by atoms with Crippen molar-refractivity contribution in [3.8, 4) is 5.75 Å². The Balaban J connectivity index is 1.81. The van der Waals surface area contributed by atoms with E-state index in [1.807, 2.05) is 24.3 Å². The number of amides is 1. The SMILES string of the molecule is COc1cccc(CC(=O)NC[C@H]2CCS(=O)(=O)C2)c1. The molecule has 0 spiro atoms. The lowest BCUT2D eigenvalue weighted by molar-refractivity contribution is -0.120. The van der Waals surface area contributed by atoms with Gasteiger partial charge in [-0.2, -0.15) is 0 Å². The van der Waals surface area contributed by atoms with Gasteiger partial charge in [-0.3, -0.25) is 4.79 Å². The van der Waals surface area contributed by atoms with Crippen LogP contribution < -0.4 is 10.1 Å². The standard InChI is InChI=1S/C14H19NO4S/c1-19-13-4-2-3-11(7-13)8-14(16)15-9-12-5-6-20(17,18)10-12/h2-4,7,12H,5-6,8-10H2,1H3,(H,15,16)/t12-/m1/s1. The summed E-state index contributed by atoms with van der Waals surface area (Å²) < 4.78 is 27.7. The van der Waals surface area contributed by atoms with Gasteiger partial charge in [0.1, 0.15) is 5.75 Å². The molecule has 0 unspecified atom stereocenters. The molecule has 1 atom stereocenters. The second-order valence-electron chi connectivity index (χ2n) is 5.10. The van der Waals surface area contributed by atoms with Crippen molar-refractivity contribution in [2.75, 3.05) is 25.2 Å². The monoisotopic (exact) mass is 297 g/mol. The number of hydrogen-bond donors (Lipinski definition) is 1. The molecule has 1 heterocycles. The Morgan fingerprint density at radius 1 is 1.45 bits per heavy atom. The van der Waals surface area contributed by atoms with Crippen molar-refractivity contribution in [2.24, 2.45) is 5.92 Å². The number of rotatable bonds is 5. The molecule has 2 rings (SSSR count). The van der Waals surface area contributed by atoms with Crippen LogP contribution in [0.2, 0.25) is 0 Å². The minimum absolute atomic E-state index is 0.0502. The van der Waals surface area contributed by atoms with Crippen LogP contribution in [0.1, 0.15) is 12.0 Å². The Morgan fingerprint density at radius 3 is 2.90 bits per heavy atom. The molecule has 6 heteroatoms. The first-order valence-corrected chi connectivity index (χ1v) is 8.41. The first kappa shape index (κ1) is 14.8. The van der Waals surface area contributed by atoms with Crippen LogP contribution in [0.15, 0.2) is 24.3 Å². The molecule has 110 valence electrons. The van der Waals surface area contributed by atoms with Crippen molar-refractivity contribution in [1.29, 1.82) is 0 Å². The number of hydrogen-bond acceptors (Lipinski definition) is 4. The van der Waals surface area contributed by atoms with Crippen LogP contribution in [0.4, 0.5) is 0 Å². The molecular formula is C14H19NO4S. The Hall–Kier alpha value is -1.56. The van der Waals surface area contributed by atoms with Gasteiger partial charge in [-0.05, 0) is 30.0 Å². The van der Waals surface area contributed by atoms with E-state index < -0.39 is 9.84 Å². The van der Waals surface area contributed by atoms with Gasteiger partial charge in [0.15, 0.2) is 9.84 Å². The number of nitrogens with one attached hydrogen (secondary N) is 1. The first-order chi connectivity index (χ1) is 9.48. The molecule has 5 nitrogen and oxygen atoms in total. The smallest absolute Gasteiger partial charge is 0.224 e.